The number of carbonyl (C=O) groups is 2. The van der Waals surface area contributed by atoms with E-state index in [0.29, 0.717) is 18.4 Å². The Labute approximate surface area is 112 Å². The molecular formula is C12H9NO7. The molecule has 8 nitrogen and oxygen atoms in total. The lowest BCUT2D eigenvalue weighted by Gasteiger charge is -2.46. The van der Waals surface area contributed by atoms with Crippen molar-refractivity contribution in [2.24, 2.45) is 0 Å². The Morgan fingerprint density at radius 3 is 2.40 bits per heavy atom. The molecule has 104 valence electrons. The number of benzene rings is 1. The number of hydrogen-bond donors (Lipinski definition) is 0. The Balaban J connectivity index is 1.87. The lowest BCUT2D eigenvalue weighted by molar-refractivity contribution is -0.384. The van der Waals surface area contributed by atoms with Gasteiger partial charge in [0.15, 0.2) is 0 Å². The Morgan fingerprint density at radius 1 is 1.15 bits per heavy atom. The summed E-state index contributed by atoms with van der Waals surface area (Å²) in [7, 11) is 0. The number of nitro benzene ring substituents is 1. The highest BCUT2D eigenvalue weighted by Gasteiger charge is 2.53. The van der Waals surface area contributed by atoms with E-state index in [-0.39, 0.29) is 11.8 Å². The molecule has 0 atom stereocenters. The molecule has 0 unspecified atom stereocenters. The first-order chi connectivity index (χ1) is 9.48. The molecule has 2 saturated heterocycles. The highest BCUT2D eigenvalue weighted by molar-refractivity contribution is 5.78. The highest BCUT2D eigenvalue weighted by Crippen LogP contribution is 2.48. The standard InChI is InChI=1S/C12H9NO7/c14-10-18-9-5-12(6-9,20-11(15)19-10)7-1-3-8(4-2-7)13(16)17/h1-4,9H,5-6H2. The van der Waals surface area contributed by atoms with Gasteiger partial charge in [0.2, 0.25) is 0 Å². The van der Waals surface area contributed by atoms with Crippen molar-refractivity contribution in [3.8, 4) is 0 Å². The smallest absolute Gasteiger partial charge is 0.430 e. The van der Waals surface area contributed by atoms with Gasteiger partial charge < -0.3 is 14.2 Å². The molecule has 3 fully saturated rings. The molecule has 0 radical (unpaired) electrons. The van der Waals surface area contributed by atoms with Crippen molar-refractivity contribution in [1.82, 2.24) is 0 Å². The summed E-state index contributed by atoms with van der Waals surface area (Å²) in [6, 6.07) is 5.70. The molecule has 0 amide bonds. The highest BCUT2D eigenvalue weighted by atomic mass is 16.8. The second-order valence-corrected chi connectivity index (χ2v) is 4.65. The van der Waals surface area contributed by atoms with Gasteiger partial charge in [-0.2, -0.15) is 0 Å². The molecule has 1 saturated carbocycles. The van der Waals surface area contributed by atoms with Crippen molar-refractivity contribution in [3.05, 3.63) is 39.9 Å². The van der Waals surface area contributed by atoms with Crippen LogP contribution >= 0.6 is 0 Å². The molecule has 0 spiro atoms. The number of fused-ring (bicyclic) bond motifs is 4. The zero-order chi connectivity index (χ0) is 14.3. The van der Waals surface area contributed by atoms with Crippen molar-refractivity contribution in [2.75, 3.05) is 0 Å². The van der Waals surface area contributed by atoms with Crippen LogP contribution in [0.5, 0.6) is 0 Å². The minimum Gasteiger partial charge on any atom is -0.430 e. The lowest BCUT2D eigenvalue weighted by Crippen LogP contribution is -2.52. The first kappa shape index (κ1) is 12.4. The van der Waals surface area contributed by atoms with Crippen molar-refractivity contribution in [2.45, 2.75) is 24.5 Å². The van der Waals surface area contributed by atoms with Gasteiger partial charge in [0.05, 0.1) is 4.92 Å². The molecule has 2 bridgehead atoms. The number of ether oxygens (including phenoxy) is 3. The third-order valence-corrected chi connectivity index (χ3v) is 3.43. The molecule has 20 heavy (non-hydrogen) atoms. The summed E-state index contributed by atoms with van der Waals surface area (Å²) < 4.78 is 14.3. The van der Waals surface area contributed by atoms with Crippen molar-refractivity contribution in [1.29, 1.82) is 0 Å². The van der Waals surface area contributed by atoms with Gasteiger partial charge in [-0.05, 0) is 17.7 Å². The third-order valence-electron chi connectivity index (χ3n) is 3.43. The van der Waals surface area contributed by atoms with Crippen LogP contribution in [0.1, 0.15) is 18.4 Å². The zero-order valence-corrected chi connectivity index (χ0v) is 10.1. The number of nitro groups is 1. The molecule has 4 rings (SSSR count). The molecule has 2 aliphatic heterocycles. The van der Waals surface area contributed by atoms with E-state index in [9.17, 15) is 19.7 Å². The van der Waals surface area contributed by atoms with Gasteiger partial charge in [0.25, 0.3) is 5.69 Å². The zero-order valence-electron chi connectivity index (χ0n) is 10.1. The van der Waals surface area contributed by atoms with Crippen LogP contribution in [-0.4, -0.2) is 23.3 Å². The van der Waals surface area contributed by atoms with E-state index in [1.807, 2.05) is 0 Å². The van der Waals surface area contributed by atoms with Crippen LogP contribution < -0.4 is 0 Å². The number of hydrogen-bond acceptors (Lipinski definition) is 7. The summed E-state index contributed by atoms with van der Waals surface area (Å²) in [5, 5.41) is 10.6. The number of rotatable bonds is 2. The Bertz CT molecular complexity index is 588. The minimum atomic E-state index is -1.13. The molecule has 1 aliphatic carbocycles. The topological polar surface area (TPSA) is 105 Å². The summed E-state index contributed by atoms with van der Waals surface area (Å²) in [6.45, 7) is 0. The maximum absolute atomic E-state index is 11.4. The molecule has 8 heteroatoms. The lowest BCUT2D eigenvalue weighted by atomic mass is 9.72. The van der Waals surface area contributed by atoms with E-state index in [2.05, 4.69) is 4.74 Å². The Hall–Kier alpha value is -2.64. The number of non-ortho nitro benzene ring substituents is 1. The average molecular weight is 279 g/mol. The summed E-state index contributed by atoms with van der Waals surface area (Å²) in [5.74, 6) is 0. The molecule has 0 N–H and O–H groups in total. The van der Waals surface area contributed by atoms with E-state index < -0.39 is 22.8 Å². The van der Waals surface area contributed by atoms with Crippen molar-refractivity contribution in [3.63, 3.8) is 0 Å². The summed E-state index contributed by atoms with van der Waals surface area (Å²) in [4.78, 5) is 32.5. The van der Waals surface area contributed by atoms with Crippen LogP contribution in [0.2, 0.25) is 0 Å². The monoisotopic (exact) mass is 279 g/mol. The molecular weight excluding hydrogens is 270 g/mol. The fourth-order valence-electron chi connectivity index (χ4n) is 2.43. The Kier molecular flexibility index (Phi) is 2.60. The van der Waals surface area contributed by atoms with Crippen LogP contribution in [0.4, 0.5) is 15.3 Å². The SMILES string of the molecule is O=C1OC(=O)OC2(c3ccc([N+](=O)[O-])cc3)CC(C2)O1. The van der Waals surface area contributed by atoms with E-state index in [4.69, 9.17) is 9.47 Å². The van der Waals surface area contributed by atoms with Gasteiger partial charge in [0, 0.05) is 25.0 Å². The van der Waals surface area contributed by atoms with Crippen LogP contribution in [0.3, 0.4) is 0 Å². The van der Waals surface area contributed by atoms with Gasteiger partial charge in [-0.1, -0.05) is 0 Å². The van der Waals surface area contributed by atoms with Gasteiger partial charge in [-0.25, -0.2) is 9.59 Å². The third kappa shape index (κ3) is 1.94. The van der Waals surface area contributed by atoms with Crippen LogP contribution in [0.15, 0.2) is 24.3 Å². The minimum absolute atomic E-state index is 0.0547. The van der Waals surface area contributed by atoms with Crippen LogP contribution in [0.25, 0.3) is 0 Å². The summed E-state index contributed by atoms with van der Waals surface area (Å²) in [5.41, 5.74) is -0.396. The second kappa shape index (κ2) is 4.19. The van der Waals surface area contributed by atoms with Gasteiger partial charge in [-0.15, -0.1) is 0 Å². The van der Waals surface area contributed by atoms with Gasteiger partial charge in [0.1, 0.15) is 11.7 Å². The van der Waals surface area contributed by atoms with Crippen molar-refractivity contribution >= 4 is 18.0 Å². The van der Waals surface area contributed by atoms with E-state index in [1.165, 1.54) is 24.3 Å². The van der Waals surface area contributed by atoms with Crippen LogP contribution in [-0.2, 0) is 19.8 Å². The fraction of sp³-hybridized carbons (Fsp3) is 0.333. The quantitative estimate of drug-likeness (QED) is 0.354. The van der Waals surface area contributed by atoms with Gasteiger partial charge in [-0.3, -0.25) is 10.1 Å². The average Bonchev–Trinajstić information content (AvgIpc) is 2.33. The normalized spacial score (nSPS) is 28.1. The molecule has 1 aromatic carbocycles. The molecule has 1 aromatic rings. The molecule has 0 aromatic heterocycles. The first-order valence-electron chi connectivity index (χ1n) is 5.85. The van der Waals surface area contributed by atoms with E-state index >= 15 is 0 Å². The number of nitrogens with zero attached hydrogens (tertiary/aromatic N) is 1. The van der Waals surface area contributed by atoms with Gasteiger partial charge >= 0.3 is 12.3 Å². The van der Waals surface area contributed by atoms with E-state index in [0.717, 1.165) is 0 Å². The maximum atomic E-state index is 11.4. The summed E-state index contributed by atoms with van der Waals surface area (Å²) in [6.07, 6.45) is -1.97. The van der Waals surface area contributed by atoms with Crippen LogP contribution in [0, 0.1) is 10.1 Å². The van der Waals surface area contributed by atoms with Crippen molar-refractivity contribution < 1.29 is 28.7 Å². The maximum Gasteiger partial charge on any atom is 0.519 e. The first-order valence-corrected chi connectivity index (χ1v) is 5.85. The van der Waals surface area contributed by atoms with E-state index in [1.54, 1.807) is 0 Å². The number of carbonyl (C=O) groups excluding carboxylic acids is 2. The predicted molar refractivity (Wildman–Crippen MR) is 61.8 cm³/mol. The predicted octanol–water partition coefficient (Wildman–Crippen LogP) is 2.26. The largest absolute Gasteiger partial charge is 0.519 e. The Morgan fingerprint density at radius 2 is 1.80 bits per heavy atom. The fourth-order valence-corrected chi connectivity index (χ4v) is 2.43. The summed E-state index contributed by atoms with van der Waals surface area (Å²) >= 11 is 0. The molecule has 2 heterocycles. The molecule has 3 aliphatic rings. The second-order valence-electron chi connectivity index (χ2n) is 4.65.